The fourth-order valence-corrected chi connectivity index (χ4v) is 2.19. The zero-order chi connectivity index (χ0) is 16.7. The number of rotatable bonds is 6. The molecule has 1 aromatic rings. The molecule has 0 saturated carbocycles. The van der Waals surface area contributed by atoms with Crippen molar-refractivity contribution in [2.45, 2.75) is 31.9 Å². The van der Waals surface area contributed by atoms with Crippen molar-refractivity contribution in [1.29, 1.82) is 0 Å². The van der Waals surface area contributed by atoms with E-state index in [0.717, 1.165) is 11.1 Å². The van der Waals surface area contributed by atoms with E-state index in [4.69, 9.17) is 4.74 Å². The van der Waals surface area contributed by atoms with Crippen molar-refractivity contribution in [3.05, 3.63) is 59.4 Å². The number of benzene rings is 1. The lowest BCUT2D eigenvalue weighted by molar-refractivity contribution is -0.139. The third kappa shape index (κ3) is 5.58. The van der Waals surface area contributed by atoms with Gasteiger partial charge >= 0.3 is 12.1 Å². The van der Waals surface area contributed by atoms with Gasteiger partial charge < -0.3 is 15.2 Å². The van der Waals surface area contributed by atoms with E-state index in [9.17, 15) is 19.1 Å². The van der Waals surface area contributed by atoms with Crippen molar-refractivity contribution in [2.75, 3.05) is 0 Å². The van der Waals surface area contributed by atoms with Crippen LogP contribution in [0.4, 0.5) is 9.18 Å². The van der Waals surface area contributed by atoms with Crippen LogP contribution < -0.4 is 5.32 Å². The Balaban J connectivity index is 1.86. The molecule has 0 aromatic heterocycles. The normalized spacial score (nSPS) is 15.2. The highest BCUT2D eigenvalue weighted by Crippen LogP contribution is 2.22. The molecule has 0 aliphatic heterocycles. The predicted octanol–water partition coefficient (Wildman–Crippen LogP) is 3.33. The van der Waals surface area contributed by atoms with E-state index < -0.39 is 18.1 Å². The average molecular weight is 319 g/mol. The molecule has 1 aliphatic carbocycles. The van der Waals surface area contributed by atoms with Crippen LogP contribution in [-0.4, -0.2) is 23.2 Å². The van der Waals surface area contributed by atoms with Crippen molar-refractivity contribution < 1.29 is 23.8 Å². The molecule has 6 heteroatoms. The molecule has 1 aliphatic rings. The Labute approximate surface area is 133 Å². The van der Waals surface area contributed by atoms with E-state index in [1.165, 1.54) is 6.08 Å². The lowest BCUT2D eigenvalue weighted by Gasteiger charge is -2.17. The van der Waals surface area contributed by atoms with Gasteiger partial charge in [-0.05, 0) is 24.5 Å². The standard InChI is InChI=1S/C17H18FNO4/c18-14-8-6-12(7-9-14)10-15(16(20)21)19-17(22)23-11-13-4-2-1-3-5-13/h1-6,8,15H,7,9-11H2,(H,19,22)(H,20,21). The molecule has 0 spiro atoms. The molecule has 122 valence electrons. The van der Waals surface area contributed by atoms with Gasteiger partial charge in [0.25, 0.3) is 0 Å². The molecule has 2 N–H and O–H groups in total. The molecule has 5 nitrogen and oxygen atoms in total. The van der Waals surface area contributed by atoms with Gasteiger partial charge in [0.2, 0.25) is 0 Å². The van der Waals surface area contributed by atoms with Crippen molar-refractivity contribution in [3.63, 3.8) is 0 Å². The van der Waals surface area contributed by atoms with Crippen LogP contribution in [0.3, 0.4) is 0 Å². The van der Waals surface area contributed by atoms with Gasteiger partial charge in [0.15, 0.2) is 0 Å². The van der Waals surface area contributed by atoms with Gasteiger partial charge in [0.1, 0.15) is 18.5 Å². The van der Waals surface area contributed by atoms with Gasteiger partial charge in [-0.2, -0.15) is 0 Å². The largest absolute Gasteiger partial charge is 0.480 e. The summed E-state index contributed by atoms with van der Waals surface area (Å²) in [6.07, 6.45) is 2.93. The summed E-state index contributed by atoms with van der Waals surface area (Å²) >= 11 is 0. The smallest absolute Gasteiger partial charge is 0.408 e. The number of alkyl carbamates (subject to hydrolysis) is 1. The van der Waals surface area contributed by atoms with Crippen LogP contribution in [0.5, 0.6) is 0 Å². The summed E-state index contributed by atoms with van der Waals surface area (Å²) in [5.41, 5.74) is 1.59. The molecule has 0 fully saturated rings. The van der Waals surface area contributed by atoms with Gasteiger partial charge in [-0.25, -0.2) is 14.0 Å². The monoisotopic (exact) mass is 319 g/mol. The molecular weight excluding hydrogens is 301 g/mol. The first-order valence-electron chi connectivity index (χ1n) is 7.28. The van der Waals surface area contributed by atoms with Crippen molar-refractivity contribution in [3.8, 4) is 0 Å². The van der Waals surface area contributed by atoms with E-state index in [2.05, 4.69) is 5.32 Å². The number of carbonyl (C=O) groups excluding carboxylic acids is 1. The minimum absolute atomic E-state index is 0.0651. The first-order valence-corrected chi connectivity index (χ1v) is 7.28. The Bertz CT molecular complexity index is 625. The summed E-state index contributed by atoms with van der Waals surface area (Å²) in [6, 6.07) is 7.99. The second-order valence-electron chi connectivity index (χ2n) is 5.24. The van der Waals surface area contributed by atoms with Crippen LogP contribution in [0.2, 0.25) is 0 Å². The third-order valence-corrected chi connectivity index (χ3v) is 3.45. The van der Waals surface area contributed by atoms with Crippen LogP contribution in [0.1, 0.15) is 24.8 Å². The number of nitrogens with one attached hydrogen (secondary N) is 1. The van der Waals surface area contributed by atoms with Crippen LogP contribution >= 0.6 is 0 Å². The molecule has 1 aromatic carbocycles. The van der Waals surface area contributed by atoms with Crippen molar-refractivity contribution in [2.24, 2.45) is 0 Å². The minimum Gasteiger partial charge on any atom is -0.480 e. The maximum Gasteiger partial charge on any atom is 0.408 e. The van der Waals surface area contributed by atoms with E-state index in [0.29, 0.717) is 6.42 Å². The number of ether oxygens (including phenoxy) is 1. The van der Waals surface area contributed by atoms with E-state index in [1.54, 1.807) is 18.2 Å². The van der Waals surface area contributed by atoms with Gasteiger partial charge in [-0.3, -0.25) is 0 Å². The van der Waals surface area contributed by atoms with Gasteiger partial charge in [-0.1, -0.05) is 42.0 Å². The number of amides is 1. The van der Waals surface area contributed by atoms with Crippen molar-refractivity contribution >= 4 is 12.1 Å². The zero-order valence-corrected chi connectivity index (χ0v) is 12.5. The number of carbonyl (C=O) groups is 2. The van der Waals surface area contributed by atoms with E-state index in [1.807, 2.05) is 18.2 Å². The van der Waals surface area contributed by atoms with Gasteiger partial charge in [-0.15, -0.1) is 0 Å². The molecule has 2 rings (SSSR count). The SMILES string of the molecule is O=C(NC(CC1=CC=C(F)CC1)C(=O)O)OCc1ccccc1. The highest BCUT2D eigenvalue weighted by Gasteiger charge is 2.22. The van der Waals surface area contributed by atoms with Gasteiger partial charge in [0.05, 0.1) is 0 Å². The number of halogens is 1. The minimum atomic E-state index is -1.16. The molecular formula is C17H18FNO4. The number of aliphatic carboxylic acids is 1. The molecule has 1 atom stereocenters. The number of hydrogen-bond acceptors (Lipinski definition) is 3. The molecule has 0 bridgehead atoms. The molecule has 23 heavy (non-hydrogen) atoms. The Hall–Kier alpha value is -2.63. The first-order chi connectivity index (χ1) is 11.0. The molecule has 0 saturated heterocycles. The second kappa shape index (κ2) is 8.12. The predicted molar refractivity (Wildman–Crippen MR) is 82.3 cm³/mol. The van der Waals surface area contributed by atoms with Crippen LogP contribution in [0, 0.1) is 0 Å². The van der Waals surface area contributed by atoms with E-state index >= 15 is 0 Å². The second-order valence-corrected chi connectivity index (χ2v) is 5.24. The maximum atomic E-state index is 12.9. The zero-order valence-electron chi connectivity index (χ0n) is 12.5. The Morgan fingerprint density at radius 2 is 1.96 bits per heavy atom. The summed E-state index contributed by atoms with van der Waals surface area (Å²) in [5.74, 6) is -1.38. The maximum absolute atomic E-state index is 12.9. The summed E-state index contributed by atoms with van der Waals surface area (Å²) in [7, 11) is 0. The fourth-order valence-electron chi connectivity index (χ4n) is 2.19. The first kappa shape index (κ1) is 16.7. The van der Waals surface area contributed by atoms with Crippen molar-refractivity contribution in [1.82, 2.24) is 5.32 Å². The van der Waals surface area contributed by atoms with Crippen LogP contribution in [-0.2, 0) is 16.1 Å². The molecule has 1 unspecified atom stereocenters. The number of allylic oxidation sites excluding steroid dienone is 3. The number of carboxylic acids is 1. The fraction of sp³-hybridized carbons (Fsp3) is 0.294. The summed E-state index contributed by atoms with van der Waals surface area (Å²) in [4.78, 5) is 23.0. The Morgan fingerprint density at radius 1 is 1.22 bits per heavy atom. The lowest BCUT2D eigenvalue weighted by Crippen LogP contribution is -2.41. The Kier molecular flexibility index (Phi) is 5.91. The summed E-state index contributed by atoms with van der Waals surface area (Å²) in [6.45, 7) is 0.0651. The molecule has 1 amide bonds. The number of carboxylic acid groups (broad SMARTS) is 1. The highest BCUT2D eigenvalue weighted by molar-refractivity contribution is 5.80. The van der Waals surface area contributed by atoms with E-state index in [-0.39, 0.29) is 25.3 Å². The highest BCUT2D eigenvalue weighted by atomic mass is 19.1. The summed E-state index contributed by atoms with van der Waals surface area (Å²) in [5, 5.41) is 11.5. The number of hydrogen-bond donors (Lipinski definition) is 2. The third-order valence-electron chi connectivity index (χ3n) is 3.45. The molecule has 0 heterocycles. The average Bonchev–Trinajstić information content (AvgIpc) is 2.55. The summed E-state index contributed by atoms with van der Waals surface area (Å²) < 4.78 is 17.9. The Morgan fingerprint density at radius 3 is 2.57 bits per heavy atom. The van der Waals surface area contributed by atoms with Gasteiger partial charge in [0, 0.05) is 6.42 Å². The van der Waals surface area contributed by atoms with Crippen LogP contribution in [0.15, 0.2) is 53.9 Å². The molecule has 0 radical (unpaired) electrons. The van der Waals surface area contributed by atoms with Crippen LogP contribution in [0.25, 0.3) is 0 Å². The topological polar surface area (TPSA) is 75.6 Å². The quantitative estimate of drug-likeness (QED) is 0.843. The lowest BCUT2D eigenvalue weighted by atomic mass is 9.97.